The second kappa shape index (κ2) is 5.99. The Kier molecular flexibility index (Phi) is 4.07. The van der Waals surface area contributed by atoms with E-state index in [0.717, 1.165) is 38.6 Å². The van der Waals surface area contributed by atoms with Gasteiger partial charge >= 0.3 is 5.97 Å². The van der Waals surface area contributed by atoms with Gasteiger partial charge in [0.15, 0.2) is 0 Å². The minimum absolute atomic E-state index is 0.0891. The van der Waals surface area contributed by atoms with E-state index in [-0.39, 0.29) is 11.9 Å². The van der Waals surface area contributed by atoms with Gasteiger partial charge in [-0.1, -0.05) is 0 Å². The molecule has 3 fully saturated rings. The highest BCUT2D eigenvalue weighted by molar-refractivity contribution is 7.12. The van der Waals surface area contributed by atoms with Crippen LogP contribution in [0.15, 0.2) is 17.5 Å². The summed E-state index contributed by atoms with van der Waals surface area (Å²) in [6.45, 7) is 3.22. The quantitative estimate of drug-likeness (QED) is 0.830. The number of piperidine rings is 3. The van der Waals surface area contributed by atoms with Crippen molar-refractivity contribution in [2.75, 3.05) is 19.6 Å². The van der Waals surface area contributed by atoms with Crippen LogP contribution in [0.1, 0.15) is 28.1 Å². The molecule has 0 radical (unpaired) electrons. The van der Waals surface area contributed by atoms with Crippen LogP contribution in [0, 0.1) is 5.92 Å². The number of carboxylic acids is 1. The SMILES string of the molecule is O=C(O)C=Cc1ccsc1C(=O)NC1CN2CCC1CC2. The van der Waals surface area contributed by atoms with Gasteiger partial charge in [-0.25, -0.2) is 4.79 Å². The zero-order valence-electron chi connectivity index (χ0n) is 11.6. The Morgan fingerprint density at radius 3 is 2.76 bits per heavy atom. The standard InChI is InChI=1S/C15H18N2O3S/c18-13(19)2-1-11-5-8-21-14(11)15(20)16-12-9-17-6-3-10(12)4-7-17/h1-2,5,8,10,12H,3-4,6-7,9H2,(H,16,20)(H,18,19). The predicted molar refractivity (Wildman–Crippen MR) is 81.4 cm³/mol. The van der Waals surface area contributed by atoms with Crippen molar-refractivity contribution < 1.29 is 14.7 Å². The number of nitrogens with zero attached hydrogens (tertiary/aromatic N) is 1. The molecule has 112 valence electrons. The molecule has 3 saturated heterocycles. The Bertz CT molecular complexity index is 573. The molecule has 1 aromatic rings. The number of rotatable bonds is 4. The number of carbonyl (C=O) groups is 2. The summed E-state index contributed by atoms with van der Waals surface area (Å²) >= 11 is 1.35. The first-order valence-electron chi connectivity index (χ1n) is 7.15. The van der Waals surface area contributed by atoms with E-state index in [1.54, 1.807) is 6.07 Å². The van der Waals surface area contributed by atoms with Crippen LogP contribution in [0.3, 0.4) is 0 Å². The number of hydrogen-bond donors (Lipinski definition) is 2. The smallest absolute Gasteiger partial charge is 0.328 e. The Hall–Kier alpha value is -1.66. The lowest BCUT2D eigenvalue weighted by Crippen LogP contribution is -2.57. The summed E-state index contributed by atoms with van der Waals surface area (Å²) in [7, 11) is 0. The summed E-state index contributed by atoms with van der Waals surface area (Å²) in [5, 5.41) is 13.6. The van der Waals surface area contributed by atoms with Gasteiger partial charge in [0.1, 0.15) is 0 Å². The maximum Gasteiger partial charge on any atom is 0.328 e. The largest absolute Gasteiger partial charge is 0.478 e. The first kappa shape index (κ1) is 14.3. The van der Waals surface area contributed by atoms with Gasteiger partial charge in [0.05, 0.1) is 4.88 Å². The number of carboxylic acid groups (broad SMARTS) is 1. The molecule has 4 rings (SSSR count). The van der Waals surface area contributed by atoms with Gasteiger partial charge in [-0.05, 0) is 54.9 Å². The number of carbonyl (C=O) groups excluding carboxylic acids is 1. The molecule has 0 saturated carbocycles. The Morgan fingerprint density at radius 1 is 1.38 bits per heavy atom. The summed E-state index contributed by atoms with van der Waals surface area (Å²) in [6.07, 6.45) is 4.85. The minimum Gasteiger partial charge on any atom is -0.478 e. The zero-order chi connectivity index (χ0) is 14.8. The van der Waals surface area contributed by atoms with Crippen LogP contribution in [-0.4, -0.2) is 47.6 Å². The number of aliphatic carboxylic acids is 1. The van der Waals surface area contributed by atoms with E-state index >= 15 is 0 Å². The van der Waals surface area contributed by atoms with E-state index in [9.17, 15) is 9.59 Å². The monoisotopic (exact) mass is 306 g/mol. The summed E-state index contributed by atoms with van der Waals surface area (Å²) in [6, 6.07) is 1.99. The van der Waals surface area contributed by atoms with Gasteiger partial charge < -0.3 is 15.3 Å². The van der Waals surface area contributed by atoms with Gasteiger partial charge in [0, 0.05) is 18.7 Å². The summed E-state index contributed by atoms with van der Waals surface area (Å²) in [4.78, 5) is 26.0. The number of hydrogen-bond acceptors (Lipinski definition) is 4. The molecule has 3 aliphatic rings. The van der Waals surface area contributed by atoms with Crippen LogP contribution in [0.2, 0.25) is 0 Å². The highest BCUT2D eigenvalue weighted by Crippen LogP contribution is 2.28. The van der Waals surface area contributed by atoms with Crippen LogP contribution in [-0.2, 0) is 4.79 Å². The summed E-state index contributed by atoms with van der Waals surface area (Å²) < 4.78 is 0. The van der Waals surface area contributed by atoms with Crippen LogP contribution in [0.5, 0.6) is 0 Å². The molecule has 1 atom stereocenters. The average Bonchev–Trinajstić information content (AvgIpc) is 2.95. The second-order valence-corrected chi connectivity index (χ2v) is 6.51. The normalized spacial score (nSPS) is 27.9. The number of fused-ring (bicyclic) bond motifs is 3. The molecule has 0 aromatic carbocycles. The lowest BCUT2D eigenvalue weighted by Gasteiger charge is -2.44. The van der Waals surface area contributed by atoms with Gasteiger partial charge in [0.25, 0.3) is 5.91 Å². The van der Waals surface area contributed by atoms with Crippen molar-refractivity contribution in [3.63, 3.8) is 0 Å². The van der Waals surface area contributed by atoms with E-state index in [1.807, 2.05) is 5.38 Å². The van der Waals surface area contributed by atoms with E-state index < -0.39 is 5.97 Å². The topological polar surface area (TPSA) is 69.6 Å². The highest BCUT2D eigenvalue weighted by Gasteiger charge is 2.35. The third kappa shape index (κ3) is 3.16. The summed E-state index contributed by atoms with van der Waals surface area (Å²) in [5.41, 5.74) is 0.668. The Labute approximate surface area is 127 Å². The number of thiophene rings is 1. The van der Waals surface area contributed by atoms with Crippen LogP contribution >= 0.6 is 11.3 Å². The lowest BCUT2D eigenvalue weighted by molar-refractivity contribution is -0.131. The molecule has 21 heavy (non-hydrogen) atoms. The fraction of sp³-hybridized carbons (Fsp3) is 0.467. The molecule has 3 aliphatic heterocycles. The summed E-state index contributed by atoms with van der Waals surface area (Å²) in [5.74, 6) is -0.518. The molecule has 4 heterocycles. The molecule has 1 unspecified atom stereocenters. The van der Waals surface area contributed by atoms with Crippen molar-refractivity contribution in [3.8, 4) is 0 Å². The molecular formula is C15H18N2O3S. The predicted octanol–water partition coefficient (Wildman–Crippen LogP) is 1.67. The van der Waals surface area contributed by atoms with E-state index in [1.165, 1.54) is 17.4 Å². The van der Waals surface area contributed by atoms with Crippen molar-refractivity contribution >= 4 is 29.3 Å². The van der Waals surface area contributed by atoms with Crippen molar-refractivity contribution in [2.45, 2.75) is 18.9 Å². The fourth-order valence-electron chi connectivity index (χ4n) is 3.16. The first-order chi connectivity index (χ1) is 10.1. The maximum atomic E-state index is 12.4. The van der Waals surface area contributed by atoms with Crippen molar-refractivity contribution in [1.82, 2.24) is 10.2 Å². The number of amides is 1. The fourth-order valence-corrected chi connectivity index (χ4v) is 3.95. The lowest BCUT2D eigenvalue weighted by atomic mass is 9.84. The van der Waals surface area contributed by atoms with E-state index in [0.29, 0.717) is 16.4 Å². The van der Waals surface area contributed by atoms with Gasteiger partial charge in [-0.15, -0.1) is 11.3 Å². The Morgan fingerprint density at radius 2 is 2.14 bits per heavy atom. The van der Waals surface area contributed by atoms with Gasteiger partial charge in [0.2, 0.25) is 0 Å². The van der Waals surface area contributed by atoms with Crippen LogP contribution in [0.4, 0.5) is 0 Å². The number of nitrogens with one attached hydrogen (secondary N) is 1. The van der Waals surface area contributed by atoms with Crippen molar-refractivity contribution in [1.29, 1.82) is 0 Å². The van der Waals surface area contributed by atoms with E-state index in [2.05, 4.69) is 10.2 Å². The highest BCUT2D eigenvalue weighted by atomic mass is 32.1. The molecule has 6 heteroatoms. The van der Waals surface area contributed by atoms with Crippen LogP contribution in [0.25, 0.3) is 6.08 Å². The van der Waals surface area contributed by atoms with Crippen molar-refractivity contribution in [3.05, 3.63) is 28.0 Å². The Balaban J connectivity index is 1.68. The molecular weight excluding hydrogens is 288 g/mol. The van der Waals surface area contributed by atoms with E-state index in [4.69, 9.17) is 5.11 Å². The van der Waals surface area contributed by atoms with Crippen molar-refractivity contribution in [2.24, 2.45) is 5.92 Å². The molecule has 2 N–H and O–H groups in total. The minimum atomic E-state index is -1.01. The molecule has 5 nitrogen and oxygen atoms in total. The zero-order valence-corrected chi connectivity index (χ0v) is 12.4. The third-order valence-electron chi connectivity index (χ3n) is 4.28. The molecule has 0 spiro atoms. The molecule has 2 bridgehead atoms. The average molecular weight is 306 g/mol. The molecule has 1 aromatic heterocycles. The van der Waals surface area contributed by atoms with Gasteiger partial charge in [-0.3, -0.25) is 4.79 Å². The maximum absolute atomic E-state index is 12.4. The third-order valence-corrected chi connectivity index (χ3v) is 5.21. The second-order valence-electron chi connectivity index (χ2n) is 5.59. The first-order valence-corrected chi connectivity index (χ1v) is 8.03. The van der Waals surface area contributed by atoms with Gasteiger partial charge in [-0.2, -0.15) is 0 Å². The molecule has 0 aliphatic carbocycles. The van der Waals surface area contributed by atoms with Crippen LogP contribution < -0.4 is 5.32 Å². The molecule has 1 amide bonds.